The summed E-state index contributed by atoms with van der Waals surface area (Å²) in [4.78, 5) is 17.1. The minimum absolute atomic E-state index is 0.140. The molecule has 7 heteroatoms. The maximum atomic E-state index is 12.1. The third-order valence-electron chi connectivity index (χ3n) is 2.92. The normalized spacial score (nSPS) is 12.2. The average Bonchev–Trinajstić information content (AvgIpc) is 2.92. The summed E-state index contributed by atoms with van der Waals surface area (Å²) in [5.41, 5.74) is 5.46. The van der Waals surface area contributed by atoms with Crippen LogP contribution in [0.15, 0.2) is 52.4 Å². The molecule has 0 saturated heterocycles. The number of aromatic nitrogens is 2. The summed E-state index contributed by atoms with van der Waals surface area (Å²) >= 11 is 3.28. The SMILES string of the molecule is CC(C)(C(=O)O/N=C(\N)c1ccccc1)n1cc(Br)cn1. The van der Waals surface area contributed by atoms with Crippen LogP contribution in [0, 0.1) is 0 Å². The van der Waals surface area contributed by atoms with Gasteiger partial charge in [-0.2, -0.15) is 5.10 Å². The lowest BCUT2D eigenvalue weighted by Crippen LogP contribution is -2.37. The van der Waals surface area contributed by atoms with Crippen molar-refractivity contribution in [2.24, 2.45) is 10.9 Å². The summed E-state index contributed by atoms with van der Waals surface area (Å²) in [5, 5.41) is 7.77. The second kappa shape index (κ2) is 6.09. The summed E-state index contributed by atoms with van der Waals surface area (Å²) in [6.07, 6.45) is 3.28. The molecule has 110 valence electrons. The highest BCUT2D eigenvalue weighted by Gasteiger charge is 2.33. The smallest absolute Gasteiger partial charge is 0.361 e. The van der Waals surface area contributed by atoms with E-state index in [9.17, 15) is 4.79 Å². The Kier molecular flexibility index (Phi) is 4.42. The minimum Gasteiger partial charge on any atom is -0.380 e. The molecule has 0 fully saturated rings. The number of benzene rings is 1. The van der Waals surface area contributed by atoms with Crippen molar-refractivity contribution < 1.29 is 9.63 Å². The standard InChI is InChI=1S/C14H15BrN4O2/c1-14(2,19-9-11(15)8-17-19)13(20)21-18-12(16)10-6-4-3-5-7-10/h3-9H,1-2H3,(H2,16,18). The molecule has 2 N–H and O–H groups in total. The van der Waals surface area contributed by atoms with Gasteiger partial charge in [0.05, 0.1) is 10.7 Å². The number of hydrogen-bond donors (Lipinski definition) is 1. The van der Waals surface area contributed by atoms with E-state index in [0.717, 1.165) is 4.47 Å². The van der Waals surface area contributed by atoms with Crippen LogP contribution in [0.5, 0.6) is 0 Å². The van der Waals surface area contributed by atoms with Crippen LogP contribution in [0.25, 0.3) is 0 Å². The fraction of sp³-hybridized carbons (Fsp3) is 0.214. The topological polar surface area (TPSA) is 82.5 Å². The minimum atomic E-state index is -0.994. The Bertz CT molecular complexity index is 665. The monoisotopic (exact) mass is 350 g/mol. The van der Waals surface area contributed by atoms with Crippen LogP contribution in [0.1, 0.15) is 19.4 Å². The Morgan fingerprint density at radius 1 is 1.38 bits per heavy atom. The molecule has 1 aromatic carbocycles. The van der Waals surface area contributed by atoms with Crippen LogP contribution in [-0.2, 0) is 15.2 Å². The molecule has 0 aliphatic carbocycles. The number of hydrogen-bond acceptors (Lipinski definition) is 4. The Hall–Kier alpha value is -2.15. The molecule has 0 amide bonds. The number of oxime groups is 1. The largest absolute Gasteiger partial charge is 0.380 e. The van der Waals surface area contributed by atoms with Gasteiger partial charge in [-0.15, -0.1) is 0 Å². The Balaban J connectivity index is 2.11. The lowest BCUT2D eigenvalue weighted by molar-refractivity contribution is -0.153. The van der Waals surface area contributed by atoms with Crippen molar-refractivity contribution in [3.63, 3.8) is 0 Å². The van der Waals surface area contributed by atoms with Crippen molar-refractivity contribution in [3.8, 4) is 0 Å². The summed E-state index contributed by atoms with van der Waals surface area (Å²) in [6.45, 7) is 3.37. The maximum Gasteiger partial charge on any atom is 0.361 e. The highest BCUT2D eigenvalue weighted by Crippen LogP contribution is 2.19. The molecule has 1 aromatic heterocycles. The number of nitrogens with two attached hydrogens (primary N) is 1. The number of amidine groups is 1. The van der Waals surface area contributed by atoms with Gasteiger partial charge < -0.3 is 10.6 Å². The van der Waals surface area contributed by atoms with Crippen molar-refractivity contribution >= 4 is 27.7 Å². The average molecular weight is 351 g/mol. The molecule has 0 aliphatic heterocycles. The van der Waals surface area contributed by atoms with Gasteiger partial charge >= 0.3 is 5.97 Å². The molecule has 21 heavy (non-hydrogen) atoms. The Morgan fingerprint density at radius 2 is 2.05 bits per heavy atom. The third kappa shape index (κ3) is 3.49. The van der Waals surface area contributed by atoms with Gasteiger partial charge in [-0.1, -0.05) is 35.5 Å². The number of rotatable bonds is 4. The zero-order valence-corrected chi connectivity index (χ0v) is 13.2. The third-order valence-corrected chi connectivity index (χ3v) is 3.33. The van der Waals surface area contributed by atoms with E-state index in [1.807, 2.05) is 18.2 Å². The van der Waals surface area contributed by atoms with Crippen molar-refractivity contribution in [1.82, 2.24) is 9.78 Å². The first-order valence-corrected chi connectivity index (χ1v) is 7.01. The van der Waals surface area contributed by atoms with E-state index in [0.29, 0.717) is 5.56 Å². The van der Waals surface area contributed by atoms with E-state index in [1.165, 1.54) is 4.68 Å². The van der Waals surface area contributed by atoms with E-state index >= 15 is 0 Å². The second-order valence-corrected chi connectivity index (χ2v) is 5.80. The molecule has 2 rings (SSSR count). The molecule has 0 aliphatic rings. The summed E-state index contributed by atoms with van der Waals surface area (Å²) in [7, 11) is 0. The molecular formula is C14H15BrN4O2. The number of halogens is 1. The van der Waals surface area contributed by atoms with Crippen LogP contribution in [0.3, 0.4) is 0 Å². The van der Waals surface area contributed by atoms with Crippen LogP contribution in [-0.4, -0.2) is 21.6 Å². The van der Waals surface area contributed by atoms with Crippen LogP contribution >= 0.6 is 15.9 Å². The van der Waals surface area contributed by atoms with Crippen molar-refractivity contribution in [2.75, 3.05) is 0 Å². The van der Waals surface area contributed by atoms with E-state index in [1.54, 1.807) is 38.4 Å². The number of carbonyl (C=O) groups excluding carboxylic acids is 1. The molecule has 6 nitrogen and oxygen atoms in total. The van der Waals surface area contributed by atoms with Crippen LogP contribution in [0.4, 0.5) is 0 Å². The lowest BCUT2D eigenvalue weighted by Gasteiger charge is -2.21. The predicted molar refractivity (Wildman–Crippen MR) is 82.5 cm³/mol. The zero-order chi connectivity index (χ0) is 15.5. The van der Waals surface area contributed by atoms with Gasteiger partial charge in [-0.05, 0) is 29.8 Å². The number of nitrogens with zero attached hydrogens (tertiary/aromatic N) is 3. The quantitative estimate of drug-likeness (QED) is 0.396. The van der Waals surface area contributed by atoms with Gasteiger partial charge in [-0.25, -0.2) is 4.79 Å². The van der Waals surface area contributed by atoms with Gasteiger partial charge in [0.15, 0.2) is 11.4 Å². The van der Waals surface area contributed by atoms with Crippen molar-refractivity contribution in [1.29, 1.82) is 0 Å². The van der Waals surface area contributed by atoms with E-state index in [2.05, 4.69) is 26.2 Å². The molecule has 0 atom stereocenters. The molecule has 0 radical (unpaired) electrons. The molecule has 0 unspecified atom stereocenters. The predicted octanol–water partition coefficient (Wildman–Crippen LogP) is 2.24. The lowest BCUT2D eigenvalue weighted by atomic mass is 10.1. The first kappa shape index (κ1) is 15.2. The van der Waals surface area contributed by atoms with E-state index < -0.39 is 11.5 Å². The van der Waals surface area contributed by atoms with Gasteiger partial charge in [0.25, 0.3) is 0 Å². The summed E-state index contributed by atoms with van der Waals surface area (Å²) in [5.74, 6) is -0.418. The second-order valence-electron chi connectivity index (χ2n) is 4.88. The highest BCUT2D eigenvalue weighted by molar-refractivity contribution is 9.10. The summed E-state index contributed by atoms with van der Waals surface area (Å²) in [6, 6.07) is 9.07. The van der Waals surface area contributed by atoms with Crippen molar-refractivity contribution in [2.45, 2.75) is 19.4 Å². The summed E-state index contributed by atoms with van der Waals surface area (Å²) < 4.78 is 2.27. The fourth-order valence-electron chi connectivity index (χ4n) is 1.56. The van der Waals surface area contributed by atoms with Crippen LogP contribution < -0.4 is 5.73 Å². The van der Waals surface area contributed by atoms with Gasteiger partial charge in [0, 0.05) is 11.8 Å². The fourth-order valence-corrected chi connectivity index (χ4v) is 1.85. The molecule has 0 bridgehead atoms. The Labute approximate surface area is 130 Å². The molecule has 0 saturated carbocycles. The molecule has 1 heterocycles. The highest BCUT2D eigenvalue weighted by atomic mass is 79.9. The van der Waals surface area contributed by atoms with Gasteiger partial charge in [-0.3, -0.25) is 4.68 Å². The first-order valence-electron chi connectivity index (χ1n) is 6.22. The molecule has 0 spiro atoms. The van der Waals surface area contributed by atoms with E-state index in [4.69, 9.17) is 10.6 Å². The zero-order valence-electron chi connectivity index (χ0n) is 11.7. The van der Waals surface area contributed by atoms with Crippen molar-refractivity contribution in [3.05, 3.63) is 52.8 Å². The van der Waals surface area contributed by atoms with Crippen LogP contribution in [0.2, 0.25) is 0 Å². The van der Waals surface area contributed by atoms with E-state index in [-0.39, 0.29) is 5.84 Å². The Morgan fingerprint density at radius 3 is 2.62 bits per heavy atom. The van der Waals surface area contributed by atoms with Gasteiger partial charge in [0.1, 0.15) is 0 Å². The molecule has 2 aromatic rings. The number of carbonyl (C=O) groups is 1. The molecular weight excluding hydrogens is 336 g/mol. The van der Waals surface area contributed by atoms with Gasteiger partial charge in [0.2, 0.25) is 0 Å². The maximum absolute atomic E-state index is 12.1. The first-order chi connectivity index (χ1) is 9.91.